The fourth-order valence-corrected chi connectivity index (χ4v) is 3.86. The molecule has 0 radical (unpaired) electrons. The molecule has 78 valence electrons. The maximum Gasteiger partial charge on any atom is 0.171 e. The van der Waals surface area contributed by atoms with Crippen LogP contribution in [-0.4, -0.2) is 19.5 Å². The molecular formula is C12H18O2. The maximum absolute atomic E-state index is 5.90. The van der Waals surface area contributed by atoms with E-state index in [1.807, 2.05) is 0 Å². The van der Waals surface area contributed by atoms with Crippen molar-refractivity contribution in [1.29, 1.82) is 0 Å². The monoisotopic (exact) mass is 194 g/mol. The van der Waals surface area contributed by atoms with Gasteiger partial charge in [-0.05, 0) is 30.6 Å². The summed E-state index contributed by atoms with van der Waals surface area (Å²) in [6.45, 7) is 4.90. The van der Waals surface area contributed by atoms with Crippen LogP contribution < -0.4 is 0 Å². The lowest BCUT2D eigenvalue weighted by Gasteiger charge is -2.63. The molecule has 2 aliphatic heterocycles. The fourth-order valence-electron chi connectivity index (χ4n) is 3.86. The van der Waals surface area contributed by atoms with E-state index < -0.39 is 0 Å². The zero-order valence-electron chi connectivity index (χ0n) is 8.79. The van der Waals surface area contributed by atoms with Crippen molar-refractivity contribution in [3.63, 3.8) is 0 Å². The summed E-state index contributed by atoms with van der Waals surface area (Å²) in [7, 11) is 1.79. The minimum atomic E-state index is -0.263. The lowest BCUT2D eigenvalue weighted by Crippen LogP contribution is -2.64. The van der Waals surface area contributed by atoms with Crippen molar-refractivity contribution in [2.24, 2.45) is 17.3 Å². The summed E-state index contributed by atoms with van der Waals surface area (Å²) in [4.78, 5) is 0. The van der Waals surface area contributed by atoms with Gasteiger partial charge in [-0.1, -0.05) is 6.08 Å². The van der Waals surface area contributed by atoms with Crippen LogP contribution in [0.3, 0.4) is 0 Å². The molecule has 5 rings (SSSR count). The second-order valence-electron chi connectivity index (χ2n) is 5.11. The summed E-state index contributed by atoms with van der Waals surface area (Å²) >= 11 is 0. The highest BCUT2D eigenvalue weighted by Gasteiger charge is 2.62. The molecule has 4 bridgehead atoms. The third-order valence-corrected chi connectivity index (χ3v) is 4.82. The van der Waals surface area contributed by atoms with Gasteiger partial charge in [0.2, 0.25) is 0 Å². The smallest absolute Gasteiger partial charge is 0.171 e. The van der Waals surface area contributed by atoms with Crippen LogP contribution in [0.15, 0.2) is 12.7 Å². The molecule has 0 aromatic heterocycles. The highest BCUT2D eigenvalue weighted by Crippen LogP contribution is 2.63. The molecule has 2 saturated heterocycles. The predicted octanol–water partition coefficient (Wildman–Crippen LogP) is 2.35. The molecule has 2 heterocycles. The van der Waals surface area contributed by atoms with E-state index >= 15 is 0 Å². The summed E-state index contributed by atoms with van der Waals surface area (Å²) in [6, 6.07) is 0. The largest absolute Gasteiger partial charge is 0.353 e. The Morgan fingerprint density at radius 3 is 3.07 bits per heavy atom. The normalized spacial score (nSPS) is 54.9. The molecule has 3 saturated carbocycles. The summed E-state index contributed by atoms with van der Waals surface area (Å²) in [5.41, 5.74) is 0.322. The highest BCUT2D eigenvalue weighted by atomic mass is 16.7. The Balaban J connectivity index is 2.02. The van der Waals surface area contributed by atoms with E-state index in [9.17, 15) is 0 Å². The van der Waals surface area contributed by atoms with E-state index in [4.69, 9.17) is 9.47 Å². The summed E-state index contributed by atoms with van der Waals surface area (Å²) < 4.78 is 11.6. The first kappa shape index (κ1) is 8.93. The fraction of sp³-hybridized carbons (Fsp3) is 0.833. The lowest BCUT2D eigenvalue weighted by atomic mass is 9.51. The zero-order chi connectivity index (χ0) is 9.81. The number of ether oxygens (including phenoxy) is 2. The summed E-state index contributed by atoms with van der Waals surface area (Å²) in [5, 5.41) is 0. The number of methoxy groups -OCH3 is 1. The van der Waals surface area contributed by atoms with Crippen molar-refractivity contribution in [3.05, 3.63) is 12.7 Å². The van der Waals surface area contributed by atoms with Gasteiger partial charge in [0.05, 0.1) is 6.61 Å². The standard InChI is InChI=1S/C12H18O2/c1-3-11-5-4-9-6-10(11)7-14-12(9,8-11)13-2/h3,9-10H,1,4-8H2,2H3. The molecular weight excluding hydrogens is 176 g/mol. The Morgan fingerprint density at radius 2 is 2.36 bits per heavy atom. The van der Waals surface area contributed by atoms with E-state index in [2.05, 4.69) is 12.7 Å². The molecule has 0 N–H and O–H groups in total. The molecule has 0 aromatic rings. The average Bonchev–Trinajstić information content (AvgIpc) is 2.29. The van der Waals surface area contributed by atoms with Crippen LogP contribution in [0.25, 0.3) is 0 Å². The van der Waals surface area contributed by atoms with Crippen molar-refractivity contribution in [3.8, 4) is 0 Å². The molecule has 2 nitrogen and oxygen atoms in total. The van der Waals surface area contributed by atoms with Gasteiger partial charge in [-0.25, -0.2) is 0 Å². The van der Waals surface area contributed by atoms with Crippen LogP contribution >= 0.6 is 0 Å². The second-order valence-corrected chi connectivity index (χ2v) is 5.11. The molecule has 14 heavy (non-hydrogen) atoms. The number of hydrogen-bond donors (Lipinski definition) is 0. The van der Waals surface area contributed by atoms with Crippen LogP contribution in [-0.2, 0) is 9.47 Å². The molecule has 3 aliphatic carbocycles. The van der Waals surface area contributed by atoms with Gasteiger partial charge in [0, 0.05) is 19.4 Å². The first-order valence-corrected chi connectivity index (χ1v) is 5.57. The molecule has 0 spiro atoms. The van der Waals surface area contributed by atoms with Gasteiger partial charge in [0.25, 0.3) is 0 Å². The average molecular weight is 194 g/mol. The van der Waals surface area contributed by atoms with Crippen LogP contribution in [0.2, 0.25) is 0 Å². The molecule has 2 heteroatoms. The lowest BCUT2D eigenvalue weighted by molar-refractivity contribution is -0.354. The molecule has 5 fully saturated rings. The van der Waals surface area contributed by atoms with Gasteiger partial charge in [-0.2, -0.15) is 0 Å². The van der Waals surface area contributed by atoms with Gasteiger partial charge in [0.1, 0.15) is 0 Å². The Hall–Kier alpha value is -0.340. The summed E-state index contributed by atoms with van der Waals surface area (Å²) in [5.74, 6) is 1.07. The molecule has 4 unspecified atom stereocenters. The van der Waals surface area contributed by atoms with Crippen molar-refractivity contribution in [2.75, 3.05) is 13.7 Å². The van der Waals surface area contributed by atoms with E-state index in [0.29, 0.717) is 17.3 Å². The van der Waals surface area contributed by atoms with Crippen molar-refractivity contribution >= 4 is 0 Å². The quantitative estimate of drug-likeness (QED) is 0.628. The number of allylic oxidation sites excluding steroid dienone is 1. The van der Waals surface area contributed by atoms with Gasteiger partial charge in [-0.3, -0.25) is 0 Å². The van der Waals surface area contributed by atoms with E-state index in [-0.39, 0.29) is 5.79 Å². The third kappa shape index (κ3) is 0.842. The molecule has 5 aliphatic rings. The van der Waals surface area contributed by atoms with Crippen LogP contribution in [0.4, 0.5) is 0 Å². The molecule has 0 aromatic carbocycles. The first-order valence-electron chi connectivity index (χ1n) is 5.57. The van der Waals surface area contributed by atoms with Crippen molar-refractivity contribution in [1.82, 2.24) is 0 Å². The zero-order valence-corrected chi connectivity index (χ0v) is 8.79. The number of rotatable bonds is 2. The second kappa shape index (κ2) is 2.61. The highest BCUT2D eigenvalue weighted by molar-refractivity contribution is 5.14. The topological polar surface area (TPSA) is 18.5 Å². The SMILES string of the molecule is C=CC12CCC3CC1COC3(OC)C2. The molecule has 4 atom stereocenters. The van der Waals surface area contributed by atoms with Gasteiger partial charge < -0.3 is 9.47 Å². The van der Waals surface area contributed by atoms with E-state index in [1.165, 1.54) is 19.3 Å². The van der Waals surface area contributed by atoms with E-state index in [0.717, 1.165) is 13.0 Å². The Morgan fingerprint density at radius 1 is 1.50 bits per heavy atom. The van der Waals surface area contributed by atoms with Crippen LogP contribution in [0.1, 0.15) is 25.7 Å². The Labute approximate surface area is 85.3 Å². The number of fused-ring (bicyclic) bond motifs is 2. The number of hydrogen-bond acceptors (Lipinski definition) is 2. The Bertz CT molecular complexity index is 275. The van der Waals surface area contributed by atoms with Crippen LogP contribution in [0, 0.1) is 17.3 Å². The molecule has 0 amide bonds. The van der Waals surface area contributed by atoms with Gasteiger partial charge in [-0.15, -0.1) is 6.58 Å². The third-order valence-electron chi connectivity index (χ3n) is 4.82. The van der Waals surface area contributed by atoms with Gasteiger partial charge in [0.15, 0.2) is 5.79 Å². The Kier molecular flexibility index (Phi) is 1.67. The van der Waals surface area contributed by atoms with Crippen molar-refractivity contribution < 1.29 is 9.47 Å². The van der Waals surface area contributed by atoms with Crippen LogP contribution in [0.5, 0.6) is 0 Å². The minimum Gasteiger partial charge on any atom is -0.353 e. The predicted molar refractivity (Wildman–Crippen MR) is 53.8 cm³/mol. The van der Waals surface area contributed by atoms with E-state index in [1.54, 1.807) is 7.11 Å². The maximum atomic E-state index is 5.90. The van der Waals surface area contributed by atoms with Crippen molar-refractivity contribution in [2.45, 2.75) is 31.5 Å². The first-order chi connectivity index (χ1) is 6.75. The summed E-state index contributed by atoms with van der Waals surface area (Å²) in [6.07, 6.45) is 7.02. The van der Waals surface area contributed by atoms with Gasteiger partial charge >= 0.3 is 0 Å². The minimum absolute atomic E-state index is 0.263.